The molecule has 4 aromatic rings. The normalized spacial score (nSPS) is 15.1. The van der Waals surface area contributed by atoms with Crippen LogP contribution in [0.3, 0.4) is 0 Å². The summed E-state index contributed by atoms with van der Waals surface area (Å²) in [6.45, 7) is 5.21. The minimum Gasteiger partial charge on any atom is -0.478 e. The van der Waals surface area contributed by atoms with Crippen molar-refractivity contribution in [3.63, 3.8) is 0 Å². The number of halogens is 4. The number of nitrogens with one attached hydrogen (secondary N) is 2. The average molecular weight is 655 g/mol. The number of alkyl halides is 3. The summed E-state index contributed by atoms with van der Waals surface area (Å²) in [5.74, 6) is 0.177. The zero-order chi connectivity index (χ0) is 32.8. The molecule has 0 saturated carbocycles. The molecule has 2 aromatic carbocycles. The van der Waals surface area contributed by atoms with Crippen LogP contribution in [0.25, 0.3) is 11.1 Å². The number of anilines is 1. The van der Waals surface area contributed by atoms with Crippen molar-refractivity contribution in [1.29, 1.82) is 0 Å². The Balaban J connectivity index is 1.44. The van der Waals surface area contributed by atoms with E-state index in [-0.39, 0.29) is 30.1 Å². The molecular formula is C33H34ClF3N6O3. The maximum Gasteiger partial charge on any atom is 0.417 e. The lowest BCUT2D eigenvalue weighted by Gasteiger charge is -2.43. The van der Waals surface area contributed by atoms with Gasteiger partial charge in [0.1, 0.15) is 5.82 Å². The first-order valence-corrected chi connectivity index (χ1v) is 15.4. The van der Waals surface area contributed by atoms with Gasteiger partial charge in [0.25, 0.3) is 11.8 Å². The van der Waals surface area contributed by atoms with Crippen LogP contribution in [-0.2, 0) is 12.6 Å². The Kier molecular flexibility index (Phi) is 10.2. The number of pyridine rings is 1. The minimum atomic E-state index is -4.74. The van der Waals surface area contributed by atoms with Gasteiger partial charge in [0.15, 0.2) is 0 Å². The van der Waals surface area contributed by atoms with Crippen LogP contribution < -0.4 is 15.0 Å². The maximum absolute atomic E-state index is 13.8. The fourth-order valence-electron chi connectivity index (χ4n) is 5.64. The molecule has 1 aliphatic heterocycles. The fourth-order valence-corrected chi connectivity index (χ4v) is 5.81. The number of aromatic amines is 1. The van der Waals surface area contributed by atoms with Gasteiger partial charge >= 0.3 is 6.18 Å². The van der Waals surface area contributed by atoms with Crippen LogP contribution in [0.4, 0.5) is 18.9 Å². The molecule has 0 spiro atoms. The van der Waals surface area contributed by atoms with Crippen LogP contribution in [0.2, 0.25) is 5.02 Å². The van der Waals surface area contributed by atoms with Crippen molar-refractivity contribution in [2.24, 2.45) is 0 Å². The Morgan fingerprint density at radius 2 is 1.89 bits per heavy atom. The summed E-state index contributed by atoms with van der Waals surface area (Å²) in [6, 6.07) is 12.1. The number of imidazole rings is 1. The second-order valence-corrected chi connectivity index (χ2v) is 11.2. The Labute approximate surface area is 269 Å². The molecule has 0 bridgehead atoms. The molecule has 2 amide bonds. The SMILES string of the molecule is CCOc1ncccc1-c1ccc(N2CCN(C(=O)c3ccc(Cl)cc3C(F)(F)F)C[C@H]2CC)c(C(=O)NCCc2ncc[nH]2)c1. The third kappa shape index (κ3) is 7.28. The number of piperazine rings is 1. The summed E-state index contributed by atoms with van der Waals surface area (Å²) in [6.07, 6.45) is 1.35. The van der Waals surface area contributed by atoms with Gasteiger partial charge in [-0.3, -0.25) is 9.59 Å². The van der Waals surface area contributed by atoms with Gasteiger partial charge in [0.05, 0.1) is 23.3 Å². The molecule has 242 valence electrons. The summed E-state index contributed by atoms with van der Waals surface area (Å²) in [4.78, 5) is 42.2. The number of rotatable bonds is 10. The number of carbonyl (C=O) groups excluding carboxylic acids is 2. The molecule has 46 heavy (non-hydrogen) atoms. The second-order valence-electron chi connectivity index (χ2n) is 10.8. The monoisotopic (exact) mass is 654 g/mol. The zero-order valence-corrected chi connectivity index (χ0v) is 26.2. The Bertz CT molecular complexity index is 1680. The molecule has 9 nitrogen and oxygen atoms in total. The molecule has 13 heteroatoms. The third-order valence-corrected chi connectivity index (χ3v) is 8.11. The number of hydrogen-bond donors (Lipinski definition) is 2. The molecule has 1 aliphatic rings. The molecule has 5 rings (SSSR count). The van der Waals surface area contributed by atoms with Crippen LogP contribution in [0, 0.1) is 0 Å². The first-order chi connectivity index (χ1) is 22.1. The quantitative estimate of drug-likeness (QED) is 0.209. The minimum absolute atomic E-state index is 0.0989. The van der Waals surface area contributed by atoms with E-state index in [2.05, 4.69) is 20.3 Å². The van der Waals surface area contributed by atoms with Gasteiger partial charge in [0, 0.05) is 73.5 Å². The van der Waals surface area contributed by atoms with E-state index in [0.29, 0.717) is 49.7 Å². The number of aromatic nitrogens is 3. The highest BCUT2D eigenvalue weighted by Crippen LogP contribution is 2.36. The van der Waals surface area contributed by atoms with Gasteiger partial charge < -0.3 is 24.8 Å². The Morgan fingerprint density at radius 1 is 1.07 bits per heavy atom. The highest BCUT2D eigenvalue weighted by atomic mass is 35.5. The largest absolute Gasteiger partial charge is 0.478 e. The van der Waals surface area contributed by atoms with Crippen LogP contribution in [0.5, 0.6) is 5.88 Å². The van der Waals surface area contributed by atoms with E-state index in [0.717, 1.165) is 29.1 Å². The van der Waals surface area contributed by atoms with Crippen LogP contribution >= 0.6 is 11.6 Å². The predicted octanol–water partition coefficient (Wildman–Crippen LogP) is 6.26. The van der Waals surface area contributed by atoms with E-state index in [1.165, 1.54) is 11.0 Å². The Hall–Kier alpha value is -4.58. The van der Waals surface area contributed by atoms with Crippen LogP contribution in [0.15, 0.2) is 67.1 Å². The molecule has 1 saturated heterocycles. The summed E-state index contributed by atoms with van der Waals surface area (Å²) in [5, 5.41) is 2.89. The molecule has 2 N–H and O–H groups in total. The van der Waals surface area contributed by atoms with E-state index in [1.54, 1.807) is 30.7 Å². The van der Waals surface area contributed by atoms with Gasteiger partial charge in [-0.25, -0.2) is 9.97 Å². The summed E-state index contributed by atoms with van der Waals surface area (Å²) in [5.41, 5.74) is 1.03. The van der Waals surface area contributed by atoms with E-state index in [9.17, 15) is 22.8 Å². The van der Waals surface area contributed by atoms with E-state index in [1.807, 2.05) is 36.9 Å². The number of hydrogen-bond acceptors (Lipinski definition) is 6. The standard InChI is InChI=1S/C33H34ClF3N6O3/c1-3-23-20-42(32(45)25-9-8-22(34)19-27(25)33(35,36)37)16-17-43(23)28-10-7-21(24-6-5-12-41-31(24)46-4-2)18-26(28)30(44)40-13-11-29-38-14-15-39-29/h5-10,12,14-15,18-19,23H,3-4,11,13,16-17,20H2,1-2H3,(H,38,39)(H,40,44)/t23-/m1/s1. The molecule has 3 heterocycles. The number of nitrogens with zero attached hydrogens (tertiary/aromatic N) is 4. The highest BCUT2D eigenvalue weighted by Gasteiger charge is 2.38. The zero-order valence-electron chi connectivity index (χ0n) is 25.4. The number of benzene rings is 2. The van der Waals surface area contributed by atoms with E-state index >= 15 is 0 Å². The average Bonchev–Trinajstić information content (AvgIpc) is 3.57. The summed E-state index contributed by atoms with van der Waals surface area (Å²) < 4.78 is 47.1. The lowest BCUT2D eigenvalue weighted by molar-refractivity contribution is -0.138. The van der Waals surface area contributed by atoms with Gasteiger partial charge in [-0.2, -0.15) is 13.2 Å². The first-order valence-electron chi connectivity index (χ1n) is 15.0. The van der Waals surface area contributed by atoms with Crippen molar-refractivity contribution in [2.75, 3.05) is 37.7 Å². The molecule has 2 aromatic heterocycles. The third-order valence-electron chi connectivity index (χ3n) is 7.87. The first kappa shape index (κ1) is 32.8. The van der Waals surface area contributed by atoms with Crippen molar-refractivity contribution in [2.45, 2.75) is 38.9 Å². The van der Waals surface area contributed by atoms with Crippen LogP contribution in [-0.4, -0.2) is 70.5 Å². The van der Waals surface area contributed by atoms with Crippen molar-refractivity contribution in [3.05, 3.63) is 94.7 Å². The summed E-state index contributed by atoms with van der Waals surface area (Å²) >= 11 is 5.84. The van der Waals surface area contributed by atoms with Crippen molar-refractivity contribution in [3.8, 4) is 17.0 Å². The maximum atomic E-state index is 13.8. The van der Waals surface area contributed by atoms with Gasteiger partial charge in [-0.05, 0) is 61.4 Å². The fraction of sp³-hybridized carbons (Fsp3) is 0.333. The smallest absolute Gasteiger partial charge is 0.417 e. The van der Waals surface area contributed by atoms with Gasteiger partial charge in [-0.1, -0.05) is 24.6 Å². The molecule has 0 unspecified atom stereocenters. The van der Waals surface area contributed by atoms with Gasteiger partial charge in [0.2, 0.25) is 5.88 Å². The molecule has 0 radical (unpaired) electrons. The van der Waals surface area contributed by atoms with Crippen molar-refractivity contribution >= 4 is 29.1 Å². The van der Waals surface area contributed by atoms with Gasteiger partial charge in [-0.15, -0.1) is 0 Å². The second kappa shape index (κ2) is 14.2. The molecule has 0 aliphatic carbocycles. The summed E-state index contributed by atoms with van der Waals surface area (Å²) in [7, 11) is 0. The highest BCUT2D eigenvalue weighted by molar-refractivity contribution is 6.30. The number of carbonyl (C=O) groups is 2. The number of H-pyrrole nitrogens is 1. The lowest BCUT2D eigenvalue weighted by Crippen LogP contribution is -2.55. The van der Waals surface area contributed by atoms with E-state index < -0.39 is 23.2 Å². The molecule has 1 atom stereocenters. The molecule has 1 fully saturated rings. The Morgan fingerprint density at radius 3 is 2.61 bits per heavy atom. The topological polar surface area (TPSA) is 103 Å². The number of ether oxygens (including phenoxy) is 1. The van der Waals surface area contributed by atoms with E-state index in [4.69, 9.17) is 16.3 Å². The predicted molar refractivity (Wildman–Crippen MR) is 169 cm³/mol. The van der Waals surface area contributed by atoms with Crippen molar-refractivity contribution in [1.82, 2.24) is 25.2 Å². The lowest BCUT2D eigenvalue weighted by atomic mass is 9.98. The van der Waals surface area contributed by atoms with Crippen molar-refractivity contribution < 1.29 is 27.5 Å². The molecular weight excluding hydrogens is 621 g/mol. The number of amides is 2. The van der Waals surface area contributed by atoms with Crippen LogP contribution in [0.1, 0.15) is 52.4 Å².